The smallest absolute Gasteiger partial charge is 0.328 e. The van der Waals surface area contributed by atoms with E-state index in [-0.39, 0.29) is 0 Å². The third-order valence-corrected chi connectivity index (χ3v) is 7.19. The van der Waals surface area contributed by atoms with Gasteiger partial charge in [0, 0.05) is 62.9 Å². The SMILES string of the molecule is COc1ccc(CN2CCN(CCC(c3ccccc3)c3ccccc3)CC2)cc1OC.O=C(O)/C=C/C(=O)O.O=C(O)/C=C/C(=O)O. The first-order valence-electron chi connectivity index (χ1n) is 15.1. The van der Waals surface area contributed by atoms with Gasteiger partial charge in [-0.25, -0.2) is 19.2 Å². The van der Waals surface area contributed by atoms with Crippen LogP contribution in [0.2, 0.25) is 0 Å². The van der Waals surface area contributed by atoms with Crippen molar-refractivity contribution in [2.75, 3.05) is 46.9 Å². The fourth-order valence-electron chi connectivity index (χ4n) is 4.90. The Labute approximate surface area is 279 Å². The van der Waals surface area contributed by atoms with Gasteiger partial charge in [-0.15, -0.1) is 0 Å². The van der Waals surface area contributed by atoms with E-state index in [1.807, 2.05) is 6.07 Å². The lowest BCUT2D eigenvalue weighted by Gasteiger charge is -2.35. The van der Waals surface area contributed by atoms with Gasteiger partial charge in [0.25, 0.3) is 0 Å². The molecule has 0 unspecified atom stereocenters. The van der Waals surface area contributed by atoms with E-state index < -0.39 is 23.9 Å². The predicted molar refractivity (Wildman–Crippen MR) is 179 cm³/mol. The maximum absolute atomic E-state index is 9.55. The number of rotatable bonds is 13. The summed E-state index contributed by atoms with van der Waals surface area (Å²) in [5, 5.41) is 31.2. The summed E-state index contributed by atoms with van der Waals surface area (Å²) < 4.78 is 10.8. The molecular formula is C36H42N2O10. The molecule has 1 aliphatic rings. The third-order valence-electron chi connectivity index (χ3n) is 7.19. The maximum atomic E-state index is 9.55. The topological polar surface area (TPSA) is 174 Å². The zero-order valence-electron chi connectivity index (χ0n) is 27.0. The molecule has 0 atom stereocenters. The molecule has 0 radical (unpaired) electrons. The third kappa shape index (κ3) is 15.2. The first-order valence-corrected chi connectivity index (χ1v) is 15.1. The molecule has 3 aromatic rings. The molecule has 0 aromatic heterocycles. The second kappa shape index (κ2) is 21.4. The van der Waals surface area contributed by atoms with Crippen LogP contribution in [0.25, 0.3) is 0 Å². The Hall–Kier alpha value is -5.46. The molecule has 0 aliphatic carbocycles. The van der Waals surface area contributed by atoms with Gasteiger partial charge in [0.15, 0.2) is 11.5 Å². The van der Waals surface area contributed by atoms with Crippen LogP contribution in [0.3, 0.4) is 0 Å². The minimum atomic E-state index is -1.26. The fraction of sp³-hybridized carbons (Fsp3) is 0.278. The summed E-state index contributed by atoms with van der Waals surface area (Å²) in [5.41, 5.74) is 4.08. The molecule has 4 rings (SSSR count). The van der Waals surface area contributed by atoms with E-state index in [1.54, 1.807) is 14.2 Å². The Morgan fingerprint density at radius 1 is 0.625 bits per heavy atom. The van der Waals surface area contributed by atoms with Crippen LogP contribution in [0.15, 0.2) is 103 Å². The van der Waals surface area contributed by atoms with Crippen molar-refractivity contribution in [2.45, 2.75) is 18.9 Å². The molecule has 1 saturated heterocycles. The molecule has 4 N–H and O–H groups in total. The van der Waals surface area contributed by atoms with Crippen molar-refractivity contribution in [1.82, 2.24) is 9.80 Å². The molecule has 256 valence electrons. The van der Waals surface area contributed by atoms with Gasteiger partial charge in [-0.2, -0.15) is 0 Å². The van der Waals surface area contributed by atoms with E-state index in [0.717, 1.165) is 57.2 Å². The Kier molecular flexibility index (Phi) is 17.2. The molecule has 12 heteroatoms. The van der Waals surface area contributed by atoms with Crippen molar-refractivity contribution in [1.29, 1.82) is 0 Å². The van der Waals surface area contributed by atoms with E-state index in [0.29, 0.717) is 30.2 Å². The van der Waals surface area contributed by atoms with Crippen LogP contribution in [-0.4, -0.2) is 101 Å². The van der Waals surface area contributed by atoms with Gasteiger partial charge in [-0.1, -0.05) is 66.7 Å². The van der Waals surface area contributed by atoms with E-state index in [2.05, 4.69) is 82.6 Å². The van der Waals surface area contributed by atoms with Crippen LogP contribution in [0.1, 0.15) is 29.0 Å². The molecule has 48 heavy (non-hydrogen) atoms. The second-order valence-corrected chi connectivity index (χ2v) is 10.5. The lowest BCUT2D eigenvalue weighted by atomic mass is 9.88. The molecule has 0 bridgehead atoms. The lowest BCUT2D eigenvalue weighted by Crippen LogP contribution is -2.46. The summed E-state index contributed by atoms with van der Waals surface area (Å²) >= 11 is 0. The van der Waals surface area contributed by atoms with Gasteiger partial charge < -0.3 is 34.8 Å². The number of aliphatic carboxylic acids is 4. The average Bonchev–Trinajstić information content (AvgIpc) is 3.08. The Morgan fingerprint density at radius 3 is 1.44 bits per heavy atom. The van der Waals surface area contributed by atoms with Crippen LogP contribution in [0, 0.1) is 0 Å². The van der Waals surface area contributed by atoms with Crippen LogP contribution in [-0.2, 0) is 25.7 Å². The molecule has 1 fully saturated rings. The highest BCUT2D eigenvalue weighted by atomic mass is 16.5. The van der Waals surface area contributed by atoms with E-state index >= 15 is 0 Å². The van der Waals surface area contributed by atoms with Crippen molar-refractivity contribution >= 4 is 23.9 Å². The largest absolute Gasteiger partial charge is 0.493 e. The molecule has 1 aliphatic heterocycles. The zero-order valence-corrected chi connectivity index (χ0v) is 27.0. The lowest BCUT2D eigenvalue weighted by molar-refractivity contribution is -0.134. The number of piperazine rings is 1. The highest BCUT2D eigenvalue weighted by Crippen LogP contribution is 2.29. The van der Waals surface area contributed by atoms with Crippen molar-refractivity contribution in [3.05, 3.63) is 120 Å². The standard InChI is InChI=1S/C28H34N2O2.2C4H4O4/c1-31-27-14-13-23(21-28(27)32-2)22-30-19-17-29(18-20-30)16-15-26(24-9-5-3-6-10-24)25-11-7-4-8-12-25;2*5-3(6)1-2-4(7)8/h3-14,21,26H,15-20,22H2,1-2H3;2*1-2H,(H,5,6)(H,7,8)/b;2*2-1+. The van der Waals surface area contributed by atoms with Crippen LogP contribution < -0.4 is 9.47 Å². The van der Waals surface area contributed by atoms with Gasteiger partial charge in [0.1, 0.15) is 0 Å². The fourth-order valence-corrected chi connectivity index (χ4v) is 4.90. The number of benzene rings is 3. The highest BCUT2D eigenvalue weighted by molar-refractivity contribution is 5.90. The molecule has 0 saturated carbocycles. The normalized spacial score (nSPS) is 13.2. The summed E-state index contributed by atoms with van der Waals surface area (Å²) in [6.07, 6.45) is 3.37. The minimum Gasteiger partial charge on any atom is -0.493 e. The molecule has 0 spiro atoms. The number of hydrogen-bond donors (Lipinski definition) is 4. The van der Waals surface area contributed by atoms with Gasteiger partial charge in [0.2, 0.25) is 0 Å². The first-order chi connectivity index (χ1) is 23.0. The van der Waals surface area contributed by atoms with Gasteiger partial charge in [0.05, 0.1) is 14.2 Å². The minimum absolute atomic E-state index is 0.446. The molecule has 12 nitrogen and oxygen atoms in total. The van der Waals surface area contributed by atoms with Gasteiger partial charge in [-0.05, 0) is 41.8 Å². The van der Waals surface area contributed by atoms with E-state index in [9.17, 15) is 19.2 Å². The summed E-state index contributed by atoms with van der Waals surface area (Å²) in [7, 11) is 3.37. The molecule has 1 heterocycles. The second-order valence-electron chi connectivity index (χ2n) is 10.5. The maximum Gasteiger partial charge on any atom is 0.328 e. The van der Waals surface area contributed by atoms with Gasteiger partial charge in [-0.3, -0.25) is 4.90 Å². The van der Waals surface area contributed by atoms with E-state index in [4.69, 9.17) is 29.9 Å². The van der Waals surface area contributed by atoms with Crippen LogP contribution in [0.4, 0.5) is 0 Å². The summed E-state index contributed by atoms with van der Waals surface area (Å²) in [4.78, 5) is 43.4. The molecular weight excluding hydrogens is 620 g/mol. The number of hydrogen-bond acceptors (Lipinski definition) is 8. The molecule has 3 aromatic carbocycles. The Bertz CT molecular complexity index is 1400. The highest BCUT2D eigenvalue weighted by Gasteiger charge is 2.20. The monoisotopic (exact) mass is 662 g/mol. The van der Waals surface area contributed by atoms with Gasteiger partial charge >= 0.3 is 23.9 Å². The average molecular weight is 663 g/mol. The summed E-state index contributed by atoms with van der Waals surface area (Å²) in [6, 6.07) is 28.1. The number of carbonyl (C=O) groups is 4. The van der Waals surface area contributed by atoms with Crippen LogP contribution >= 0.6 is 0 Å². The number of carboxylic acids is 4. The van der Waals surface area contributed by atoms with E-state index in [1.165, 1.54) is 16.7 Å². The number of nitrogens with zero attached hydrogens (tertiary/aromatic N) is 2. The van der Waals surface area contributed by atoms with Crippen molar-refractivity contribution in [2.24, 2.45) is 0 Å². The van der Waals surface area contributed by atoms with Crippen LogP contribution in [0.5, 0.6) is 11.5 Å². The number of ether oxygens (including phenoxy) is 2. The summed E-state index contributed by atoms with van der Waals surface area (Å²) in [5.74, 6) is -2.99. The summed E-state index contributed by atoms with van der Waals surface area (Å²) in [6.45, 7) is 6.49. The molecule has 0 amide bonds. The first kappa shape index (κ1) is 38.7. The predicted octanol–water partition coefficient (Wildman–Crippen LogP) is 4.47. The van der Waals surface area contributed by atoms with Crippen molar-refractivity contribution in [3.8, 4) is 11.5 Å². The number of carboxylic acid groups (broad SMARTS) is 4. The Morgan fingerprint density at radius 2 is 1.04 bits per heavy atom. The van der Waals surface area contributed by atoms with Crippen molar-refractivity contribution < 1.29 is 49.1 Å². The van der Waals surface area contributed by atoms with Crippen molar-refractivity contribution in [3.63, 3.8) is 0 Å². The Balaban J connectivity index is 0.000000414. The quantitative estimate of drug-likeness (QED) is 0.190. The zero-order chi connectivity index (χ0) is 35.3. The number of methoxy groups -OCH3 is 2.